The molecule has 0 spiro atoms. The first-order chi connectivity index (χ1) is 9.18. The van der Waals surface area contributed by atoms with Crippen LogP contribution in [0.1, 0.15) is 19.3 Å². The number of aliphatic hydroxyl groups is 1. The Balaban J connectivity index is 1.65. The number of carbonyl (C=O) groups excluding carboxylic acids is 2. The van der Waals surface area contributed by atoms with Gasteiger partial charge in [-0.3, -0.25) is 0 Å². The number of ether oxygens (including phenoxy) is 1. The molecule has 0 aromatic heterocycles. The average molecular weight is 271 g/mol. The lowest BCUT2D eigenvalue weighted by atomic mass is 9.92. The molecule has 0 aliphatic carbocycles. The van der Waals surface area contributed by atoms with Gasteiger partial charge in [0, 0.05) is 32.8 Å². The van der Waals surface area contributed by atoms with Crippen molar-refractivity contribution in [2.75, 3.05) is 32.8 Å². The molecule has 0 aromatic carbocycles. The van der Waals surface area contributed by atoms with Crippen molar-refractivity contribution in [3.63, 3.8) is 0 Å². The molecule has 2 heterocycles. The molecule has 2 saturated heterocycles. The molecule has 2 aliphatic rings. The Kier molecular flexibility index (Phi) is 4.98. The Morgan fingerprint density at radius 1 is 1.53 bits per heavy atom. The Labute approximate surface area is 112 Å². The predicted molar refractivity (Wildman–Crippen MR) is 67.7 cm³/mol. The number of urea groups is 2. The molecule has 7 heteroatoms. The summed E-state index contributed by atoms with van der Waals surface area (Å²) in [6.07, 6.45) is 1.82. The second-order valence-corrected chi connectivity index (χ2v) is 4.92. The van der Waals surface area contributed by atoms with Gasteiger partial charge in [0.05, 0.1) is 6.10 Å². The van der Waals surface area contributed by atoms with Crippen LogP contribution in [0, 0.1) is 5.92 Å². The van der Waals surface area contributed by atoms with Crippen LogP contribution >= 0.6 is 0 Å². The lowest BCUT2D eigenvalue weighted by Gasteiger charge is -2.26. The molecule has 1 atom stereocenters. The molecule has 0 radical (unpaired) electrons. The lowest BCUT2D eigenvalue weighted by Crippen LogP contribution is -2.43. The standard InChI is InChI=1S/C12H21N3O4/c16-10(9-2-7-19-8-3-9)1-4-13-11(17)15-6-5-14-12(15)18/h9-10,16H,1-8H2,(H,13,17)(H,14,18). The van der Waals surface area contributed by atoms with E-state index in [-0.39, 0.29) is 11.9 Å². The van der Waals surface area contributed by atoms with Gasteiger partial charge in [0.1, 0.15) is 0 Å². The number of carbonyl (C=O) groups is 2. The smallest absolute Gasteiger partial charge is 0.325 e. The van der Waals surface area contributed by atoms with E-state index < -0.39 is 12.1 Å². The first-order valence-electron chi connectivity index (χ1n) is 6.77. The van der Waals surface area contributed by atoms with Crippen LogP contribution in [0.2, 0.25) is 0 Å². The zero-order valence-electron chi connectivity index (χ0n) is 10.9. The Hall–Kier alpha value is -1.34. The highest BCUT2D eigenvalue weighted by molar-refractivity contribution is 5.94. The zero-order chi connectivity index (χ0) is 13.7. The Bertz CT molecular complexity index is 331. The van der Waals surface area contributed by atoms with E-state index in [9.17, 15) is 14.7 Å². The topological polar surface area (TPSA) is 90.9 Å². The largest absolute Gasteiger partial charge is 0.393 e. The Morgan fingerprint density at radius 2 is 2.26 bits per heavy atom. The Morgan fingerprint density at radius 3 is 2.89 bits per heavy atom. The second kappa shape index (κ2) is 6.72. The van der Waals surface area contributed by atoms with Gasteiger partial charge < -0.3 is 20.5 Å². The van der Waals surface area contributed by atoms with Crippen LogP contribution in [0.3, 0.4) is 0 Å². The van der Waals surface area contributed by atoms with E-state index in [1.165, 1.54) is 0 Å². The summed E-state index contributed by atoms with van der Waals surface area (Å²) < 4.78 is 5.24. The maximum Gasteiger partial charge on any atom is 0.325 e. The number of aliphatic hydroxyl groups excluding tert-OH is 1. The summed E-state index contributed by atoms with van der Waals surface area (Å²) in [4.78, 5) is 24.1. The summed E-state index contributed by atoms with van der Waals surface area (Å²) in [6, 6.07) is -0.753. The maximum atomic E-state index is 11.7. The second-order valence-electron chi connectivity index (χ2n) is 4.92. The van der Waals surface area contributed by atoms with Crippen molar-refractivity contribution in [2.45, 2.75) is 25.4 Å². The minimum Gasteiger partial charge on any atom is -0.393 e. The highest BCUT2D eigenvalue weighted by atomic mass is 16.5. The normalized spacial score (nSPS) is 22.2. The molecular formula is C12H21N3O4. The number of amides is 4. The van der Waals surface area contributed by atoms with Crippen molar-refractivity contribution in [1.29, 1.82) is 0 Å². The van der Waals surface area contributed by atoms with E-state index in [4.69, 9.17) is 4.74 Å². The first-order valence-corrected chi connectivity index (χ1v) is 6.77. The summed E-state index contributed by atoms with van der Waals surface area (Å²) in [5.74, 6) is 0.251. The lowest BCUT2D eigenvalue weighted by molar-refractivity contribution is 0.00540. The highest BCUT2D eigenvalue weighted by Crippen LogP contribution is 2.20. The van der Waals surface area contributed by atoms with Crippen LogP contribution in [0.15, 0.2) is 0 Å². The summed E-state index contributed by atoms with van der Waals surface area (Å²) in [5, 5.41) is 15.2. The van der Waals surface area contributed by atoms with Gasteiger partial charge in [-0.25, -0.2) is 14.5 Å². The molecule has 1 unspecified atom stereocenters. The maximum absolute atomic E-state index is 11.7. The minimum atomic E-state index is -0.420. The van der Waals surface area contributed by atoms with Crippen LogP contribution in [-0.2, 0) is 4.74 Å². The highest BCUT2D eigenvalue weighted by Gasteiger charge is 2.26. The van der Waals surface area contributed by atoms with Crippen molar-refractivity contribution >= 4 is 12.1 Å². The summed E-state index contributed by atoms with van der Waals surface area (Å²) in [7, 11) is 0. The van der Waals surface area contributed by atoms with E-state index in [1.54, 1.807) is 0 Å². The number of rotatable bonds is 4. The van der Waals surface area contributed by atoms with Crippen LogP contribution in [0.5, 0.6) is 0 Å². The third-order valence-electron chi connectivity index (χ3n) is 3.63. The van der Waals surface area contributed by atoms with Gasteiger partial charge in [-0.15, -0.1) is 0 Å². The molecule has 19 heavy (non-hydrogen) atoms. The predicted octanol–water partition coefficient (Wildman–Crippen LogP) is -0.101. The molecule has 2 rings (SSSR count). The third-order valence-corrected chi connectivity index (χ3v) is 3.63. The van der Waals surface area contributed by atoms with Crippen LogP contribution in [-0.4, -0.2) is 61.0 Å². The quantitative estimate of drug-likeness (QED) is 0.666. The minimum absolute atomic E-state index is 0.251. The van der Waals surface area contributed by atoms with Crippen molar-refractivity contribution < 1.29 is 19.4 Å². The summed E-state index contributed by atoms with van der Waals surface area (Å²) in [5.41, 5.74) is 0. The SMILES string of the molecule is O=C(NCCC(O)C1CCOCC1)N1CCNC1=O. The van der Waals surface area contributed by atoms with Gasteiger partial charge >= 0.3 is 12.1 Å². The number of hydrogen-bond acceptors (Lipinski definition) is 4. The van der Waals surface area contributed by atoms with E-state index in [0.717, 1.165) is 17.7 Å². The fourth-order valence-electron chi connectivity index (χ4n) is 2.42. The summed E-state index contributed by atoms with van der Waals surface area (Å²) in [6.45, 7) is 2.66. The molecule has 0 saturated carbocycles. The molecule has 7 nitrogen and oxygen atoms in total. The zero-order valence-corrected chi connectivity index (χ0v) is 10.9. The van der Waals surface area contributed by atoms with Crippen LogP contribution < -0.4 is 10.6 Å². The summed E-state index contributed by atoms with van der Waals surface area (Å²) >= 11 is 0. The number of nitrogens with one attached hydrogen (secondary N) is 2. The molecule has 3 N–H and O–H groups in total. The number of nitrogens with zero attached hydrogens (tertiary/aromatic N) is 1. The fourth-order valence-corrected chi connectivity index (χ4v) is 2.42. The van der Waals surface area contributed by atoms with Gasteiger partial charge in [0.15, 0.2) is 0 Å². The van der Waals surface area contributed by atoms with Crippen molar-refractivity contribution in [2.24, 2.45) is 5.92 Å². The first kappa shape index (κ1) is 14.1. The van der Waals surface area contributed by atoms with Gasteiger partial charge in [0.2, 0.25) is 0 Å². The van der Waals surface area contributed by atoms with Crippen LogP contribution in [0.4, 0.5) is 9.59 Å². The van der Waals surface area contributed by atoms with Crippen molar-refractivity contribution in [1.82, 2.24) is 15.5 Å². The van der Waals surface area contributed by atoms with E-state index in [0.29, 0.717) is 39.3 Å². The molecule has 108 valence electrons. The molecule has 2 aliphatic heterocycles. The van der Waals surface area contributed by atoms with Gasteiger partial charge in [0.25, 0.3) is 0 Å². The third kappa shape index (κ3) is 3.81. The van der Waals surface area contributed by atoms with E-state index in [1.807, 2.05) is 0 Å². The number of hydrogen-bond donors (Lipinski definition) is 3. The number of imide groups is 1. The van der Waals surface area contributed by atoms with E-state index in [2.05, 4.69) is 10.6 Å². The molecule has 2 fully saturated rings. The van der Waals surface area contributed by atoms with Crippen molar-refractivity contribution in [3.8, 4) is 0 Å². The fraction of sp³-hybridized carbons (Fsp3) is 0.833. The van der Waals surface area contributed by atoms with Crippen LogP contribution in [0.25, 0.3) is 0 Å². The van der Waals surface area contributed by atoms with Gasteiger partial charge in [-0.05, 0) is 25.2 Å². The molecular weight excluding hydrogens is 250 g/mol. The molecule has 4 amide bonds. The molecule has 0 bridgehead atoms. The van der Waals surface area contributed by atoms with E-state index >= 15 is 0 Å². The average Bonchev–Trinajstić information content (AvgIpc) is 2.86. The van der Waals surface area contributed by atoms with Gasteiger partial charge in [-0.2, -0.15) is 0 Å². The van der Waals surface area contributed by atoms with Gasteiger partial charge in [-0.1, -0.05) is 0 Å². The monoisotopic (exact) mass is 271 g/mol. The van der Waals surface area contributed by atoms with Crippen molar-refractivity contribution in [3.05, 3.63) is 0 Å². The molecule has 0 aromatic rings.